The monoisotopic (exact) mass is 250 g/mol. The van der Waals surface area contributed by atoms with E-state index < -0.39 is 0 Å². The third-order valence-electron chi connectivity index (χ3n) is 1.25. The van der Waals surface area contributed by atoms with Gasteiger partial charge < -0.3 is 15.4 Å². The van der Waals surface area contributed by atoms with Gasteiger partial charge in [-0.3, -0.25) is 4.79 Å². The van der Waals surface area contributed by atoms with Gasteiger partial charge in [0.1, 0.15) is 0 Å². The summed E-state index contributed by atoms with van der Waals surface area (Å²) in [7, 11) is 1.62. The van der Waals surface area contributed by atoms with Crippen molar-refractivity contribution in [1.82, 2.24) is 10.6 Å². The van der Waals surface area contributed by atoms with E-state index in [0.29, 0.717) is 26.2 Å². The predicted molar refractivity (Wildman–Crippen MR) is 55.8 cm³/mol. The lowest BCUT2D eigenvalue weighted by Crippen LogP contribution is -2.35. The summed E-state index contributed by atoms with van der Waals surface area (Å²) in [6, 6.07) is 0. The first-order valence-corrected chi connectivity index (χ1v) is 4.75. The number of carbonyl (C=O) groups is 1. The third-order valence-corrected chi connectivity index (χ3v) is 1.53. The third kappa shape index (κ3) is 9.52. The van der Waals surface area contributed by atoms with Crippen LogP contribution in [0.15, 0.2) is 11.1 Å². The Morgan fingerprint density at radius 1 is 1.54 bits per heavy atom. The van der Waals surface area contributed by atoms with Crippen LogP contribution in [0, 0.1) is 0 Å². The summed E-state index contributed by atoms with van der Waals surface area (Å²) >= 11 is 3.15. The minimum Gasteiger partial charge on any atom is -0.383 e. The van der Waals surface area contributed by atoms with Crippen LogP contribution < -0.4 is 10.6 Å². The van der Waals surface area contributed by atoms with Gasteiger partial charge in [0, 0.05) is 24.7 Å². The molecule has 4 nitrogen and oxygen atoms in total. The summed E-state index contributed by atoms with van der Waals surface area (Å²) in [5.41, 5.74) is 0. The molecule has 0 aromatic rings. The van der Waals surface area contributed by atoms with Gasteiger partial charge in [-0.25, -0.2) is 0 Å². The molecule has 0 atom stereocenters. The summed E-state index contributed by atoms with van der Waals surface area (Å²) in [4.78, 5) is 11.0. The highest BCUT2D eigenvalue weighted by Crippen LogP contribution is 1.95. The van der Waals surface area contributed by atoms with Crippen molar-refractivity contribution in [3.8, 4) is 0 Å². The second-order valence-corrected chi connectivity index (χ2v) is 3.59. The molecule has 0 radical (unpaired) electrons. The van der Waals surface area contributed by atoms with E-state index in [1.807, 2.05) is 0 Å². The van der Waals surface area contributed by atoms with Crippen LogP contribution in [0.4, 0.5) is 0 Å². The molecule has 0 unspecified atom stereocenters. The minimum absolute atomic E-state index is 0.0447. The maximum Gasteiger partial charge on any atom is 0.234 e. The second-order valence-electron chi connectivity index (χ2n) is 2.46. The molecule has 0 aliphatic rings. The zero-order valence-electron chi connectivity index (χ0n) is 7.73. The Labute approximate surface area is 86.8 Å². The number of nitrogens with one attached hydrogen (secondary N) is 2. The number of ether oxygens (including phenoxy) is 1. The van der Waals surface area contributed by atoms with E-state index in [1.54, 1.807) is 7.11 Å². The van der Waals surface area contributed by atoms with Crippen LogP contribution in [0.5, 0.6) is 0 Å². The molecule has 0 aliphatic heterocycles. The fourth-order valence-electron chi connectivity index (χ4n) is 0.633. The Hall–Kier alpha value is -0.390. The highest BCUT2D eigenvalue weighted by Gasteiger charge is 1.98. The van der Waals surface area contributed by atoms with Crippen LogP contribution in [-0.2, 0) is 9.53 Å². The van der Waals surface area contributed by atoms with Gasteiger partial charge in [0.25, 0.3) is 0 Å². The Morgan fingerprint density at radius 2 is 2.23 bits per heavy atom. The van der Waals surface area contributed by atoms with Crippen molar-refractivity contribution in [3.63, 3.8) is 0 Å². The van der Waals surface area contributed by atoms with Crippen molar-refractivity contribution in [2.75, 3.05) is 33.4 Å². The van der Waals surface area contributed by atoms with Gasteiger partial charge in [0.05, 0.1) is 13.2 Å². The first-order chi connectivity index (χ1) is 6.16. The molecule has 0 fully saturated rings. The molecule has 0 aromatic heterocycles. The van der Waals surface area contributed by atoms with E-state index in [1.165, 1.54) is 0 Å². The molecule has 0 spiro atoms. The minimum atomic E-state index is -0.0447. The lowest BCUT2D eigenvalue weighted by atomic mass is 10.5. The number of methoxy groups -OCH3 is 1. The van der Waals surface area contributed by atoms with Crippen LogP contribution in [0.1, 0.15) is 0 Å². The van der Waals surface area contributed by atoms with Gasteiger partial charge in [-0.05, 0) is 0 Å². The van der Waals surface area contributed by atoms with Gasteiger partial charge in [-0.15, -0.1) is 0 Å². The number of amides is 1. The fraction of sp³-hybridized carbons (Fsp3) is 0.625. The number of rotatable bonds is 7. The quantitative estimate of drug-likeness (QED) is 0.637. The van der Waals surface area contributed by atoms with E-state index in [2.05, 4.69) is 33.1 Å². The predicted octanol–water partition coefficient (Wildman–Crippen LogP) is 0.247. The van der Waals surface area contributed by atoms with Crippen LogP contribution in [-0.4, -0.2) is 39.3 Å². The Balaban J connectivity index is 3.25. The molecule has 0 rings (SSSR count). The van der Waals surface area contributed by atoms with Gasteiger partial charge >= 0.3 is 0 Å². The average Bonchev–Trinajstić information content (AvgIpc) is 2.09. The number of hydrogen-bond acceptors (Lipinski definition) is 3. The van der Waals surface area contributed by atoms with Crippen molar-refractivity contribution < 1.29 is 9.53 Å². The zero-order valence-corrected chi connectivity index (χ0v) is 9.32. The lowest BCUT2D eigenvalue weighted by molar-refractivity contribution is -0.120. The van der Waals surface area contributed by atoms with Crippen molar-refractivity contribution in [3.05, 3.63) is 11.1 Å². The summed E-state index contributed by atoms with van der Waals surface area (Å²) in [6.45, 7) is 5.66. The first kappa shape index (κ1) is 12.6. The summed E-state index contributed by atoms with van der Waals surface area (Å²) in [5, 5.41) is 5.60. The summed E-state index contributed by atoms with van der Waals surface area (Å²) in [6.07, 6.45) is 0. The van der Waals surface area contributed by atoms with Gasteiger partial charge in [0.2, 0.25) is 5.91 Å². The summed E-state index contributed by atoms with van der Waals surface area (Å²) < 4.78 is 5.57. The van der Waals surface area contributed by atoms with Crippen molar-refractivity contribution >= 4 is 21.8 Å². The van der Waals surface area contributed by atoms with Crippen molar-refractivity contribution in [1.29, 1.82) is 0 Å². The van der Waals surface area contributed by atoms with E-state index >= 15 is 0 Å². The van der Waals surface area contributed by atoms with Crippen molar-refractivity contribution in [2.45, 2.75) is 0 Å². The van der Waals surface area contributed by atoms with Crippen LogP contribution in [0.3, 0.4) is 0 Å². The molecule has 0 saturated carbocycles. The van der Waals surface area contributed by atoms with Gasteiger partial charge in [0.15, 0.2) is 0 Å². The molecule has 0 saturated heterocycles. The number of hydrogen-bond donors (Lipinski definition) is 2. The van der Waals surface area contributed by atoms with E-state index in [9.17, 15) is 4.79 Å². The zero-order chi connectivity index (χ0) is 10.1. The first-order valence-electron chi connectivity index (χ1n) is 3.96. The molecule has 0 aromatic carbocycles. The maximum absolute atomic E-state index is 11.0. The van der Waals surface area contributed by atoms with E-state index in [-0.39, 0.29) is 5.91 Å². The van der Waals surface area contributed by atoms with Crippen LogP contribution in [0.2, 0.25) is 0 Å². The molecule has 76 valence electrons. The molecule has 1 amide bonds. The highest BCUT2D eigenvalue weighted by atomic mass is 79.9. The molecule has 5 heteroatoms. The highest BCUT2D eigenvalue weighted by molar-refractivity contribution is 9.11. The molecule has 0 aliphatic carbocycles. The second kappa shape index (κ2) is 8.22. The van der Waals surface area contributed by atoms with Crippen LogP contribution >= 0.6 is 15.9 Å². The molecule has 0 heterocycles. The number of carbonyl (C=O) groups excluding carboxylic acids is 1. The van der Waals surface area contributed by atoms with E-state index in [0.717, 1.165) is 4.48 Å². The molecule has 2 N–H and O–H groups in total. The number of halogens is 1. The SMILES string of the molecule is C=C(Br)CNC(=O)CNCCOC. The smallest absolute Gasteiger partial charge is 0.234 e. The van der Waals surface area contributed by atoms with Crippen molar-refractivity contribution in [2.24, 2.45) is 0 Å². The largest absolute Gasteiger partial charge is 0.383 e. The molecular formula is C8H15BrN2O2. The van der Waals surface area contributed by atoms with Gasteiger partial charge in [-0.2, -0.15) is 0 Å². The molecule has 13 heavy (non-hydrogen) atoms. The standard InChI is InChI=1S/C8H15BrN2O2/c1-7(9)5-11-8(12)6-10-3-4-13-2/h10H,1,3-6H2,2H3,(H,11,12). The lowest BCUT2D eigenvalue weighted by Gasteiger charge is -2.04. The molecular weight excluding hydrogens is 236 g/mol. The fourth-order valence-corrected chi connectivity index (χ4v) is 0.773. The Bertz CT molecular complexity index is 174. The summed E-state index contributed by atoms with van der Waals surface area (Å²) in [5.74, 6) is -0.0447. The topological polar surface area (TPSA) is 50.4 Å². The average molecular weight is 251 g/mol. The van der Waals surface area contributed by atoms with E-state index in [4.69, 9.17) is 4.74 Å². The van der Waals surface area contributed by atoms with Gasteiger partial charge in [-0.1, -0.05) is 22.5 Å². The molecule has 0 bridgehead atoms. The maximum atomic E-state index is 11.0. The van der Waals surface area contributed by atoms with Crippen LogP contribution in [0.25, 0.3) is 0 Å². The normalized spacial score (nSPS) is 9.69. The Kier molecular flexibility index (Phi) is 7.97. The Morgan fingerprint density at radius 3 is 2.77 bits per heavy atom.